The molecule has 3 aliphatic rings. The van der Waals surface area contributed by atoms with Gasteiger partial charge in [0.25, 0.3) is 5.91 Å². The quantitative estimate of drug-likeness (QED) is 0.704. The number of carbonyl (C=O) groups excluding carboxylic acids is 2. The van der Waals surface area contributed by atoms with Gasteiger partial charge in [-0.2, -0.15) is 4.31 Å². The summed E-state index contributed by atoms with van der Waals surface area (Å²) in [7, 11) is -3.69. The summed E-state index contributed by atoms with van der Waals surface area (Å²) in [6.45, 7) is 7.13. The van der Waals surface area contributed by atoms with Crippen LogP contribution in [0, 0.1) is 17.8 Å². The third-order valence-electron chi connectivity index (χ3n) is 7.61. The lowest BCUT2D eigenvalue weighted by molar-refractivity contribution is -0.126. The molecule has 1 aromatic carbocycles. The van der Waals surface area contributed by atoms with Crippen LogP contribution in [0.3, 0.4) is 0 Å². The van der Waals surface area contributed by atoms with Crippen molar-refractivity contribution >= 4 is 27.5 Å². The summed E-state index contributed by atoms with van der Waals surface area (Å²) in [5.41, 5.74) is 0.331. The molecule has 1 saturated heterocycles. The predicted octanol–water partition coefficient (Wildman–Crippen LogP) is 2.77. The molecule has 0 unspecified atom stereocenters. The summed E-state index contributed by atoms with van der Waals surface area (Å²) in [6, 6.07) is 4.66. The molecule has 182 valence electrons. The van der Waals surface area contributed by atoms with E-state index in [1.807, 2.05) is 0 Å². The lowest BCUT2D eigenvalue weighted by atomic mass is 9.78. The van der Waals surface area contributed by atoms with Gasteiger partial charge in [0.15, 0.2) is 6.61 Å². The summed E-state index contributed by atoms with van der Waals surface area (Å²) in [6.07, 6.45) is 4.83. The number of benzene rings is 1. The van der Waals surface area contributed by atoms with E-state index in [0.29, 0.717) is 42.3 Å². The highest BCUT2D eigenvalue weighted by atomic mass is 32.2. The number of hydrogen-bond donors (Lipinski definition) is 1. The molecule has 0 radical (unpaired) electrons. The Kier molecular flexibility index (Phi) is 7.00. The molecule has 33 heavy (non-hydrogen) atoms. The highest BCUT2D eigenvalue weighted by Gasteiger charge is 2.34. The predicted molar refractivity (Wildman–Crippen MR) is 126 cm³/mol. The molecule has 3 atom stereocenters. The summed E-state index contributed by atoms with van der Waals surface area (Å²) < 4.78 is 33.5. The number of sulfonamides is 1. The van der Waals surface area contributed by atoms with Crippen molar-refractivity contribution in [3.05, 3.63) is 18.2 Å². The molecule has 1 aliphatic carbocycles. The normalized spacial score (nSPS) is 27.1. The Morgan fingerprint density at radius 3 is 2.58 bits per heavy atom. The number of piperidine rings is 1. The largest absolute Gasteiger partial charge is 0.482 e. The third-order valence-corrected chi connectivity index (χ3v) is 9.50. The van der Waals surface area contributed by atoms with E-state index in [1.165, 1.54) is 21.3 Å². The Morgan fingerprint density at radius 1 is 1.12 bits per heavy atom. The first-order valence-electron chi connectivity index (χ1n) is 12.0. The van der Waals surface area contributed by atoms with Crippen molar-refractivity contribution in [2.75, 3.05) is 31.1 Å². The zero-order valence-electron chi connectivity index (χ0n) is 19.7. The molecule has 0 spiro atoms. The zero-order chi connectivity index (χ0) is 23.8. The highest BCUT2D eigenvalue weighted by Crippen LogP contribution is 2.36. The van der Waals surface area contributed by atoms with Crippen molar-refractivity contribution in [2.45, 2.75) is 63.8 Å². The molecule has 1 N–H and O–H groups in total. The van der Waals surface area contributed by atoms with E-state index in [4.69, 9.17) is 4.74 Å². The van der Waals surface area contributed by atoms with Gasteiger partial charge >= 0.3 is 0 Å². The minimum Gasteiger partial charge on any atom is -0.482 e. The van der Waals surface area contributed by atoms with E-state index in [9.17, 15) is 18.0 Å². The van der Waals surface area contributed by atoms with Crippen LogP contribution in [0.1, 0.15) is 52.9 Å². The molecular formula is C24H35N3O5S. The van der Waals surface area contributed by atoms with Crippen molar-refractivity contribution < 1.29 is 22.7 Å². The fourth-order valence-corrected chi connectivity index (χ4v) is 6.56. The molecule has 9 heteroatoms. The fraction of sp³-hybridized carbons (Fsp3) is 0.667. The Hall–Kier alpha value is -2.13. The average Bonchev–Trinajstić information content (AvgIpc) is 2.79. The standard InChI is InChI=1S/C24H35N3O5S/c1-16-9-11-26(12-10-16)33(30,31)19-7-8-22-21(13-19)27(24(29)15-32-22)14-23(28)25-20-6-4-5-17(2)18(20)3/h7-8,13,16-18,20H,4-6,9-12,14-15H2,1-3H3,(H,25,28)/t17-,18-,20+/m0/s1. The SMILES string of the molecule is CC1CCN(S(=O)(=O)c2ccc3c(c2)N(CC(=O)N[C@@H]2CCC[C@H](C)[C@@H]2C)C(=O)CO3)CC1. The van der Waals surface area contributed by atoms with E-state index in [1.54, 1.807) is 6.07 Å². The van der Waals surface area contributed by atoms with Crippen LogP contribution < -0.4 is 15.0 Å². The second-order valence-corrected chi connectivity index (χ2v) is 11.9. The second-order valence-electron chi connectivity index (χ2n) is 9.93. The number of nitrogens with one attached hydrogen (secondary N) is 1. The lowest BCUT2D eigenvalue weighted by Crippen LogP contribution is -2.50. The number of carbonyl (C=O) groups is 2. The Bertz CT molecular complexity index is 1000. The van der Waals surface area contributed by atoms with Gasteiger partial charge in [0.05, 0.1) is 10.6 Å². The number of nitrogens with zero attached hydrogens (tertiary/aromatic N) is 2. The number of anilines is 1. The van der Waals surface area contributed by atoms with Gasteiger partial charge in [-0.05, 0) is 55.2 Å². The van der Waals surface area contributed by atoms with Gasteiger partial charge in [0.2, 0.25) is 15.9 Å². The van der Waals surface area contributed by atoms with Gasteiger partial charge in [-0.3, -0.25) is 14.5 Å². The van der Waals surface area contributed by atoms with Gasteiger partial charge in [-0.25, -0.2) is 8.42 Å². The summed E-state index contributed by atoms with van der Waals surface area (Å²) >= 11 is 0. The van der Waals surface area contributed by atoms with Crippen LogP contribution in [-0.2, 0) is 19.6 Å². The maximum atomic E-state index is 13.2. The van der Waals surface area contributed by atoms with Gasteiger partial charge in [0, 0.05) is 19.1 Å². The maximum absolute atomic E-state index is 13.2. The van der Waals surface area contributed by atoms with Crippen molar-refractivity contribution in [1.82, 2.24) is 9.62 Å². The smallest absolute Gasteiger partial charge is 0.265 e. The number of ether oxygens (including phenoxy) is 1. The van der Waals surface area contributed by atoms with Crippen LogP contribution >= 0.6 is 0 Å². The summed E-state index contributed by atoms with van der Waals surface area (Å²) in [4.78, 5) is 27.0. The van der Waals surface area contributed by atoms with Crippen molar-refractivity contribution in [2.24, 2.45) is 17.8 Å². The van der Waals surface area contributed by atoms with Gasteiger partial charge in [-0.1, -0.05) is 33.6 Å². The van der Waals surface area contributed by atoms with Crippen molar-refractivity contribution in [3.8, 4) is 5.75 Å². The molecule has 2 heterocycles. The zero-order valence-corrected chi connectivity index (χ0v) is 20.6. The van der Waals surface area contributed by atoms with Gasteiger partial charge in [-0.15, -0.1) is 0 Å². The van der Waals surface area contributed by atoms with E-state index in [0.717, 1.165) is 32.1 Å². The molecular weight excluding hydrogens is 442 g/mol. The summed E-state index contributed by atoms with van der Waals surface area (Å²) in [5.74, 6) is 1.24. The molecule has 2 fully saturated rings. The second kappa shape index (κ2) is 9.62. The molecule has 4 rings (SSSR count). The molecule has 8 nitrogen and oxygen atoms in total. The number of amides is 2. The van der Waals surface area contributed by atoms with E-state index in [2.05, 4.69) is 26.1 Å². The van der Waals surface area contributed by atoms with E-state index < -0.39 is 10.0 Å². The monoisotopic (exact) mass is 477 g/mol. The summed E-state index contributed by atoms with van der Waals surface area (Å²) in [5, 5.41) is 3.10. The fourth-order valence-electron chi connectivity index (χ4n) is 5.07. The first kappa shape index (κ1) is 24.0. The topological polar surface area (TPSA) is 96.0 Å². The van der Waals surface area contributed by atoms with Crippen LogP contribution in [0.25, 0.3) is 0 Å². The number of hydrogen-bond acceptors (Lipinski definition) is 5. The van der Waals surface area contributed by atoms with Gasteiger partial charge < -0.3 is 10.1 Å². The molecule has 1 saturated carbocycles. The Balaban J connectivity index is 1.53. The number of fused-ring (bicyclic) bond motifs is 1. The van der Waals surface area contributed by atoms with Crippen LogP contribution in [0.4, 0.5) is 5.69 Å². The first-order valence-corrected chi connectivity index (χ1v) is 13.5. The Morgan fingerprint density at radius 2 is 1.85 bits per heavy atom. The molecule has 0 bridgehead atoms. The molecule has 2 aliphatic heterocycles. The minimum atomic E-state index is -3.69. The molecule has 2 amide bonds. The molecule has 1 aromatic rings. The van der Waals surface area contributed by atoms with E-state index in [-0.39, 0.29) is 35.9 Å². The van der Waals surface area contributed by atoms with Crippen LogP contribution in [0.15, 0.2) is 23.1 Å². The van der Waals surface area contributed by atoms with Crippen molar-refractivity contribution in [3.63, 3.8) is 0 Å². The Labute approximate surface area is 196 Å². The minimum absolute atomic E-state index is 0.0880. The van der Waals surface area contributed by atoms with E-state index >= 15 is 0 Å². The average molecular weight is 478 g/mol. The van der Waals surface area contributed by atoms with Crippen LogP contribution in [0.5, 0.6) is 5.75 Å². The maximum Gasteiger partial charge on any atom is 0.265 e. The van der Waals surface area contributed by atoms with Crippen LogP contribution in [-0.4, -0.2) is 56.8 Å². The van der Waals surface area contributed by atoms with Crippen LogP contribution in [0.2, 0.25) is 0 Å². The molecule has 0 aromatic heterocycles. The number of rotatable bonds is 5. The first-order chi connectivity index (χ1) is 15.7. The van der Waals surface area contributed by atoms with Gasteiger partial charge in [0.1, 0.15) is 12.3 Å². The highest BCUT2D eigenvalue weighted by molar-refractivity contribution is 7.89. The third kappa shape index (κ3) is 5.04. The van der Waals surface area contributed by atoms with Crippen molar-refractivity contribution in [1.29, 1.82) is 0 Å². The lowest BCUT2D eigenvalue weighted by Gasteiger charge is -2.35.